The van der Waals surface area contributed by atoms with Gasteiger partial charge in [-0.15, -0.1) is 22.5 Å². The summed E-state index contributed by atoms with van der Waals surface area (Å²) >= 11 is 0. The van der Waals surface area contributed by atoms with Gasteiger partial charge in [-0.05, 0) is 81.8 Å². The minimum atomic E-state index is -2.61. The molecule has 0 bridgehead atoms. The molecule has 6 nitrogen and oxygen atoms in total. The molecule has 0 spiro atoms. The molecule has 1 aliphatic rings. The van der Waals surface area contributed by atoms with E-state index in [4.69, 9.17) is 18.4 Å². The SMILES string of the molecule is [2H]c1c([2H])c([2H])c2c(c1[2H])c1cnc(Oc3[c-]c([N+]4=C=[N+](c5ccccc5-c5c(C([2H])([2H])[2H])cccc5C([2H])([2H])[2H])c5ccccc54)cc(C(C)(C)C)c3)[c-]c1n2-c1cc(C(C)(C)C)ccn1.[Pt+2]. The number of aromatic nitrogens is 3. The average Bonchev–Trinajstić information content (AvgIpc) is 3.83. The van der Waals surface area contributed by atoms with Gasteiger partial charge in [-0.1, -0.05) is 124 Å². The molecule has 5 aromatic carbocycles. The Hall–Kier alpha value is -5.93. The molecule has 58 heavy (non-hydrogen) atoms. The number of hydrogen-bond donors (Lipinski definition) is 0. The molecule has 9 rings (SSSR count). The van der Waals surface area contributed by atoms with Crippen molar-refractivity contribution in [3.8, 4) is 28.6 Å². The third-order valence-corrected chi connectivity index (χ3v) is 10.2. The van der Waals surface area contributed by atoms with Crippen LogP contribution in [0.5, 0.6) is 11.6 Å². The van der Waals surface area contributed by atoms with Crippen molar-refractivity contribution < 1.29 is 39.5 Å². The number of para-hydroxylation sites is 4. The summed E-state index contributed by atoms with van der Waals surface area (Å²) in [5.41, 5.74) is 4.66. The van der Waals surface area contributed by atoms with E-state index in [0.717, 1.165) is 11.1 Å². The van der Waals surface area contributed by atoms with Gasteiger partial charge in [-0.25, -0.2) is 4.98 Å². The minimum Gasteiger partial charge on any atom is -0.484 e. The predicted octanol–water partition coefficient (Wildman–Crippen LogP) is 12.7. The van der Waals surface area contributed by atoms with Crippen molar-refractivity contribution in [1.82, 2.24) is 23.7 Å². The molecule has 1 aliphatic heterocycles. The van der Waals surface area contributed by atoms with Crippen LogP contribution in [0.1, 0.15) is 77.5 Å². The van der Waals surface area contributed by atoms with E-state index in [1.54, 1.807) is 33.5 Å². The van der Waals surface area contributed by atoms with E-state index in [9.17, 15) is 0 Å². The second kappa shape index (κ2) is 14.8. The van der Waals surface area contributed by atoms with Crippen molar-refractivity contribution in [2.75, 3.05) is 0 Å². The van der Waals surface area contributed by atoms with Crippen molar-refractivity contribution in [3.05, 3.63) is 162 Å². The molecule has 4 heterocycles. The van der Waals surface area contributed by atoms with Gasteiger partial charge in [0.05, 0.1) is 11.0 Å². The van der Waals surface area contributed by atoms with Crippen LogP contribution in [0.15, 0.2) is 128 Å². The third-order valence-electron chi connectivity index (χ3n) is 10.2. The Balaban J connectivity index is 0.00000625. The molecule has 0 unspecified atom stereocenters. The molecule has 0 saturated carbocycles. The zero-order valence-corrected chi connectivity index (χ0v) is 35.0. The van der Waals surface area contributed by atoms with Crippen LogP contribution in [0, 0.1) is 25.8 Å². The van der Waals surface area contributed by atoms with Crippen LogP contribution < -0.4 is 13.9 Å². The number of benzene rings is 5. The van der Waals surface area contributed by atoms with E-state index < -0.39 is 19.1 Å². The Labute approximate surface area is 369 Å². The number of pyridine rings is 2. The van der Waals surface area contributed by atoms with Crippen molar-refractivity contribution in [1.29, 1.82) is 0 Å². The van der Waals surface area contributed by atoms with Crippen LogP contribution in [-0.4, -0.2) is 20.5 Å². The van der Waals surface area contributed by atoms with Gasteiger partial charge in [0.2, 0.25) is 5.69 Å². The minimum absolute atomic E-state index is 0. The van der Waals surface area contributed by atoms with E-state index >= 15 is 0 Å². The maximum Gasteiger partial charge on any atom is 2.00 e. The molecule has 0 radical (unpaired) electrons. The zero-order valence-electron chi connectivity index (χ0n) is 42.8. The van der Waals surface area contributed by atoms with Crippen LogP contribution >= 0.6 is 0 Å². The van der Waals surface area contributed by atoms with Gasteiger partial charge >= 0.3 is 27.1 Å². The fourth-order valence-corrected chi connectivity index (χ4v) is 7.19. The van der Waals surface area contributed by atoms with Crippen LogP contribution in [0.25, 0.3) is 38.8 Å². The molecule has 0 saturated heterocycles. The topological polar surface area (TPSA) is 46.0 Å². The van der Waals surface area contributed by atoms with Crippen molar-refractivity contribution in [2.45, 2.75) is 66.1 Å². The first-order chi connectivity index (χ1) is 31.4. The number of rotatable bonds is 6. The van der Waals surface area contributed by atoms with Crippen molar-refractivity contribution in [3.63, 3.8) is 0 Å². The van der Waals surface area contributed by atoms with Gasteiger partial charge in [-0.3, -0.25) is 4.98 Å². The van der Waals surface area contributed by atoms with Gasteiger partial charge in [0.25, 0.3) is 11.4 Å². The van der Waals surface area contributed by atoms with Crippen molar-refractivity contribution in [2.24, 2.45) is 0 Å². The molecular weight excluding hydrogens is 894 g/mol. The number of hydrogen-bond acceptors (Lipinski definition) is 3. The van der Waals surface area contributed by atoms with Crippen LogP contribution in [0.2, 0.25) is 0 Å². The fourth-order valence-electron chi connectivity index (χ4n) is 7.19. The Morgan fingerprint density at radius 1 is 0.724 bits per heavy atom. The normalized spacial score (nSPS) is 15.6. The molecule has 0 fully saturated rings. The first-order valence-corrected chi connectivity index (χ1v) is 18.7. The zero-order chi connectivity index (χ0) is 48.1. The van der Waals surface area contributed by atoms with Crippen molar-refractivity contribution >= 4 is 50.6 Å². The number of nitrogens with zero attached hydrogens (tertiary/aromatic N) is 5. The van der Waals surface area contributed by atoms with E-state index in [1.165, 1.54) is 24.4 Å². The van der Waals surface area contributed by atoms with E-state index in [1.807, 2.05) is 59.2 Å². The summed E-state index contributed by atoms with van der Waals surface area (Å²) in [7, 11) is 0. The summed E-state index contributed by atoms with van der Waals surface area (Å²) in [6.07, 6.45) is 3.21. The van der Waals surface area contributed by atoms with Gasteiger partial charge in [0.15, 0.2) is 0 Å². The molecule has 288 valence electrons. The quantitative estimate of drug-likeness (QED) is 0.123. The average molecular weight is 949 g/mol. The Morgan fingerprint density at radius 2 is 1.41 bits per heavy atom. The molecule has 3 aromatic heterocycles. The van der Waals surface area contributed by atoms with E-state index in [0.29, 0.717) is 45.0 Å². The second-order valence-corrected chi connectivity index (χ2v) is 16.1. The first-order valence-electron chi connectivity index (χ1n) is 23.7. The molecule has 8 aromatic rings. The Bertz CT molecular complexity index is 3400. The number of ether oxygens (including phenoxy) is 1. The number of fused-ring (bicyclic) bond motifs is 4. The summed E-state index contributed by atoms with van der Waals surface area (Å²) in [6.45, 7) is 7.22. The van der Waals surface area contributed by atoms with Gasteiger partial charge in [0.1, 0.15) is 17.4 Å². The summed E-state index contributed by atoms with van der Waals surface area (Å²) < 4.78 is 97.3. The fraction of sp³-hybridized carbons (Fsp3) is 0.196. The maximum absolute atomic E-state index is 9.02. The molecule has 0 amide bonds. The third kappa shape index (κ3) is 6.91. The largest absolute Gasteiger partial charge is 2.00 e. The maximum atomic E-state index is 9.02. The summed E-state index contributed by atoms with van der Waals surface area (Å²) in [5, 5.41) is 0.723. The summed E-state index contributed by atoms with van der Waals surface area (Å²) in [4.78, 5) is 9.31. The molecule has 0 N–H and O–H groups in total. The van der Waals surface area contributed by atoms with Crippen LogP contribution in [0.4, 0.5) is 22.7 Å². The van der Waals surface area contributed by atoms with Crippen LogP contribution in [0.3, 0.4) is 0 Å². The summed E-state index contributed by atoms with van der Waals surface area (Å²) in [6, 6.07) is 35.7. The van der Waals surface area contributed by atoms with Gasteiger partial charge in [0, 0.05) is 43.9 Å². The second-order valence-electron chi connectivity index (χ2n) is 16.1. The Morgan fingerprint density at radius 3 is 2.14 bits per heavy atom. The standard InChI is InChI=1S/C51H45N5O.Pt/c1-33-16-15-17-34(2)49(33)40-19-10-11-20-42(40)55-32-54(44-22-13-14-23-45(44)55)37-26-36(51(6,7)8)27-38(29-37)57-48-30-46-41(31-53-48)39-18-9-12-21-43(39)56(46)47-28-35(24-25-52-47)50(3,4)5;/h9-28,31H,1-8H3;/q;+2/i1D3,2D3,9D,12D,18D,21D;. The molecular formula is C51H45N5OPt+2. The Kier molecular flexibility index (Phi) is 7.25. The van der Waals surface area contributed by atoms with Gasteiger partial charge < -0.3 is 9.30 Å². The predicted molar refractivity (Wildman–Crippen MR) is 234 cm³/mol. The summed E-state index contributed by atoms with van der Waals surface area (Å²) in [5.74, 6) is 0.781. The van der Waals surface area contributed by atoms with Crippen LogP contribution in [-0.2, 0) is 31.9 Å². The monoisotopic (exact) mass is 948 g/mol. The smallest absolute Gasteiger partial charge is 0.484 e. The molecule has 0 atom stereocenters. The van der Waals surface area contributed by atoms with E-state index in [-0.39, 0.29) is 89.9 Å². The first kappa shape index (κ1) is 28.5. The molecule has 0 aliphatic carbocycles. The van der Waals surface area contributed by atoms with E-state index in [2.05, 4.69) is 69.7 Å². The van der Waals surface area contributed by atoms with Gasteiger partial charge in [-0.2, -0.15) is 6.07 Å². The molecule has 7 heteroatoms. The number of aryl methyl sites for hydroxylation is 2.